The van der Waals surface area contributed by atoms with Crippen molar-refractivity contribution in [2.45, 2.75) is 18.2 Å². The highest BCUT2D eigenvalue weighted by molar-refractivity contribution is 7.97. The number of hydrazine groups is 1. The highest BCUT2D eigenvalue weighted by Gasteiger charge is 2.16. The van der Waals surface area contributed by atoms with Gasteiger partial charge in [0.2, 0.25) is 0 Å². The van der Waals surface area contributed by atoms with Gasteiger partial charge in [-0.25, -0.2) is 0 Å². The summed E-state index contributed by atoms with van der Waals surface area (Å²) in [6, 6.07) is 8.48. The fourth-order valence-corrected chi connectivity index (χ4v) is 2.87. The average molecular weight is 253 g/mol. The highest BCUT2D eigenvalue weighted by Crippen LogP contribution is 2.29. The van der Waals surface area contributed by atoms with E-state index in [9.17, 15) is 0 Å². The fraction of sp³-hybridized carbons (Fsp3) is 0.364. The molecule has 0 unspecified atom stereocenters. The molecule has 0 bridgehead atoms. The van der Waals surface area contributed by atoms with Crippen molar-refractivity contribution in [1.82, 2.24) is 15.2 Å². The molecule has 1 aliphatic heterocycles. The van der Waals surface area contributed by atoms with Crippen molar-refractivity contribution >= 4 is 29.3 Å². The summed E-state index contributed by atoms with van der Waals surface area (Å²) in [5.41, 5.74) is 4.59. The predicted molar refractivity (Wildman–Crippen MR) is 72.1 cm³/mol. The number of thiocarbonyl (C=S) groups is 1. The summed E-state index contributed by atoms with van der Waals surface area (Å²) in [6.45, 7) is 3.85. The van der Waals surface area contributed by atoms with Crippen LogP contribution in [-0.2, 0) is 6.42 Å². The van der Waals surface area contributed by atoms with Gasteiger partial charge in [-0.1, -0.05) is 18.2 Å². The number of nitrogens with zero attached hydrogens (tertiary/aromatic N) is 1. The Hall–Kier alpha value is -0.780. The lowest BCUT2D eigenvalue weighted by Gasteiger charge is -2.28. The number of hydrogen-bond acceptors (Lipinski definition) is 3. The zero-order valence-electron chi connectivity index (χ0n) is 9.19. The van der Waals surface area contributed by atoms with E-state index in [2.05, 4.69) is 39.4 Å². The Morgan fingerprint density at radius 2 is 2.31 bits per heavy atom. The van der Waals surface area contributed by atoms with E-state index in [-0.39, 0.29) is 0 Å². The third-order valence-corrected chi connectivity index (χ3v) is 3.65. The molecule has 1 aromatic carbocycles. The SMILES string of the molecule is CCNC(=S)NN1CCc2ccccc2S1. The molecule has 0 aliphatic carbocycles. The molecule has 1 aromatic rings. The fourth-order valence-electron chi connectivity index (χ4n) is 1.58. The van der Waals surface area contributed by atoms with Crippen LogP contribution in [0, 0.1) is 0 Å². The van der Waals surface area contributed by atoms with Crippen molar-refractivity contribution in [3.8, 4) is 0 Å². The van der Waals surface area contributed by atoms with Crippen LogP contribution in [-0.4, -0.2) is 22.6 Å². The number of rotatable bonds is 2. The second kappa shape index (κ2) is 5.52. The molecule has 0 fully saturated rings. The van der Waals surface area contributed by atoms with Gasteiger partial charge in [-0.15, -0.1) is 0 Å². The molecule has 2 N–H and O–H groups in total. The molecule has 1 heterocycles. The lowest BCUT2D eigenvalue weighted by molar-refractivity contribution is 0.420. The summed E-state index contributed by atoms with van der Waals surface area (Å²) in [5, 5.41) is 3.77. The van der Waals surface area contributed by atoms with Crippen molar-refractivity contribution in [3.05, 3.63) is 29.8 Å². The van der Waals surface area contributed by atoms with Crippen LogP contribution in [0.1, 0.15) is 12.5 Å². The third kappa shape index (κ3) is 2.87. The topological polar surface area (TPSA) is 27.3 Å². The number of nitrogens with one attached hydrogen (secondary N) is 2. The molecular weight excluding hydrogens is 238 g/mol. The quantitative estimate of drug-likeness (QED) is 0.621. The van der Waals surface area contributed by atoms with E-state index in [1.165, 1.54) is 10.5 Å². The van der Waals surface area contributed by atoms with Crippen LogP contribution >= 0.6 is 24.2 Å². The van der Waals surface area contributed by atoms with Gasteiger partial charge in [-0.2, -0.15) is 4.41 Å². The predicted octanol–water partition coefficient (Wildman–Crippen LogP) is 1.95. The van der Waals surface area contributed by atoms with E-state index < -0.39 is 0 Å². The first-order chi connectivity index (χ1) is 7.79. The summed E-state index contributed by atoms with van der Waals surface area (Å²) < 4.78 is 2.08. The Balaban J connectivity index is 1.95. The maximum Gasteiger partial charge on any atom is 0.181 e. The minimum Gasteiger partial charge on any atom is -0.362 e. The van der Waals surface area contributed by atoms with E-state index in [4.69, 9.17) is 12.2 Å². The molecule has 1 aliphatic rings. The Bertz CT molecular complexity index is 381. The molecule has 2 rings (SSSR count). The Kier molecular flexibility index (Phi) is 4.04. The molecule has 5 heteroatoms. The summed E-state index contributed by atoms with van der Waals surface area (Å²) in [7, 11) is 0. The van der Waals surface area contributed by atoms with Gasteiger partial charge in [0.1, 0.15) is 0 Å². The van der Waals surface area contributed by atoms with E-state index in [0.29, 0.717) is 5.11 Å². The second-order valence-electron chi connectivity index (χ2n) is 3.52. The van der Waals surface area contributed by atoms with Crippen molar-refractivity contribution in [3.63, 3.8) is 0 Å². The molecule has 16 heavy (non-hydrogen) atoms. The van der Waals surface area contributed by atoms with Crippen molar-refractivity contribution in [2.75, 3.05) is 13.1 Å². The molecule has 0 spiro atoms. The molecule has 0 radical (unpaired) electrons. The number of hydrogen-bond donors (Lipinski definition) is 2. The maximum atomic E-state index is 5.16. The standard InChI is InChI=1S/C11H15N3S2/c1-2-12-11(15)13-14-8-7-9-5-3-4-6-10(9)16-14/h3-6H,2,7-8H2,1H3,(H2,12,13,15). The first kappa shape index (κ1) is 11.7. The zero-order valence-corrected chi connectivity index (χ0v) is 10.8. The van der Waals surface area contributed by atoms with E-state index in [0.717, 1.165) is 19.5 Å². The lowest BCUT2D eigenvalue weighted by atomic mass is 10.1. The van der Waals surface area contributed by atoms with Gasteiger partial charge in [0.15, 0.2) is 5.11 Å². The Morgan fingerprint density at radius 3 is 3.12 bits per heavy atom. The van der Waals surface area contributed by atoms with Crippen LogP contribution < -0.4 is 10.7 Å². The average Bonchev–Trinajstić information content (AvgIpc) is 2.29. The van der Waals surface area contributed by atoms with Gasteiger partial charge in [-0.3, -0.25) is 5.43 Å². The molecule has 3 nitrogen and oxygen atoms in total. The molecule has 0 saturated heterocycles. The van der Waals surface area contributed by atoms with Crippen LogP contribution in [0.3, 0.4) is 0 Å². The Morgan fingerprint density at radius 1 is 1.50 bits per heavy atom. The van der Waals surface area contributed by atoms with E-state index >= 15 is 0 Å². The van der Waals surface area contributed by atoms with Crippen LogP contribution in [0.5, 0.6) is 0 Å². The molecule has 0 amide bonds. The summed E-state index contributed by atoms with van der Waals surface area (Å²) >= 11 is 6.86. The van der Waals surface area contributed by atoms with Crippen LogP contribution in [0.25, 0.3) is 0 Å². The highest BCUT2D eigenvalue weighted by atomic mass is 32.2. The van der Waals surface area contributed by atoms with Gasteiger partial charge < -0.3 is 5.32 Å². The number of fused-ring (bicyclic) bond motifs is 1. The second-order valence-corrected chi connectivity index (χ2v) is 4.99. The smallest absolute Gasteiger partial charge is 0.181 e. The zero-order chi connectivity index (χ0) is 11.4. The lowest BCUT2D eigenvalue weighted by Crippen LogP contribution is -2.45. The summed E-state index contributed by atoms with van der Waals surface area (Å²) in [5.74, 6) is 0. The largest absolute Gasteiger partial charge is 0.362 e. The first-order valence-corrected chi connectivity index (χ1v) is 6.55. The third-order valence-electron chi connectivity index (χ3n) is 2.33. The van der Waals surface area contributed by atoms with Crippen LogP contribution in [0.15, 0.2) is 29.2 Å². The van der Waals surface area contributed by atoms with Crippen molar-refractivity contribution in [1.29, 1.82) is 0 Å². The summed E-state index contributed by atoms with van der Waals surface area (Å²) in [6.07, 6.45) is 1.06. The van der Waals surface area contributed by atoms with Gasteiger partial charge in [0, 0.05) is 18.0 Å². The molecule has 0 aromatic heterocycles. The van der Waals surface area contributed by atoms with Crippen LogP contribution in [0.4, 0.5) is 0 Å². The van der Waals surface area contributed by atoms with E-state index in [1.54, 1.807) is 11.9 Å². The van der Waals surface area contributed by atoms with Gasteiger partial charge in [0.05, 0.1) is 0 Å². The molecule has 86 valence electrons. The summed E-state index contributed by atoms with van der Waals surface area (Å²) in [4.78, 5) is 1.31. The minimum absolute atomic E-state index is 0.689. The number of benzene rings is 1. The molecular formula is C11H15N3S2. The molecule has 0 atom stereocenters. The van der Waals surface area contributed by atoms with Gasteiger partial charge in [-0.05, 0) is 49.1 Å². The normalized spacial score (nSPS) is 15.3. The monoisotopic (exact) mass is 253 g/mol. The first-order valence-electron chi connectivity index (χ1n) is 5.37. The Labute approximate surface area is 106 Å². The van der Waals surface area contributed by atoms with Crippen LogP contribution in [0.2, 0.25) is 0 Å². The van der Waals surface area contributed by atoms with E-state index in [1.807, 2.05) is 6.92 Å². The molecule has 0 saturated carbocycles. The minimum atomic E-state index is 0.689. The van der Waals surface area contributed by atoms with Gasteiger partial charge >= 0.3 is 0 Å². The van der Waals surface area contributed by atoms with Crippen molar-refractivity contribution in [2.24, 2.45) is 0 Å². The van der Waals surface area contributed by atoms with Crippen molar-refractivity contribution < 1.29 is 0 Å². The van der Waals surface area contributed by atoms with Gasteiger partial charge in [0.25, 0.3) is 0 Å². The maximum absolute atomic E-state index is 5.16.